The second kappa shape index (κ2) is 9.42. The molecule has 1 aromatic carbocycles. The van der Waals surface area contributed by atoms with Gasteiger partial charge in [-0.25, -0.2) is 0 Å². The summed E-state index contributed by atoms with van der Waals surface area (Å²) in [6, 6.07) is 10.0. The summed E-state index contributed by atoms with van der Waals surface area (Å²) in [4.78, 5) is 10.7. The Labute approximate surface area is 116 Å². The Balaban J connectivity index is 2.54. The molecule has 106 valence electrons. The molecule has 3 nitrogen and oxygen atoms in total. The van der Waals surface area contributed by atoms with E-state index in [1.807, 2.05) is 30.3 Å². The van der Waals surface area contributed by atoms with Crippen LogP contribution in [0.25, 0.3) is 0 Å². The smallest absolute Gasteiger partial charge is 0.207 e. The van der Waals surface area contributed by atoms with Gasteiger partial charge in [-0.05, 0) is 25.0 Å². The fourth-order valence-corrected chi connectivity index (χ4v) is 2.26. The van der Waals surface area contributed by atoms with E-state index in [0.717, 1.165) is 25.0 Å². The second-order valence-corrected chi connectivity index (χ2v) is 4.83. The Kier molecular flexibility index (Phi) is 7.71. The van der Waals surface area contributed by atoms with Crippen molar-refractivity contribution in [2.24, 2.45) is 5.92 Å². The van der Waals surface area contributed by atoms with Gasteiger partial charge in [0, 0.05) is 12.0 Å². The summed E-state index contributed by atoms with van der Waals surface area (Å²) in [6.45, 7) is 4.94. The number of para-hydroxylation sites is 1. The normalized spacial score (nSPS) is 13.6. The average molecular weight is 263 g/mol. The molecule has 1 amide bonds. The number of carbonyl (C=O) groups is 1. The van der Waals surface area contributed by atoms with Gasteiger partial charge in [0.15, 0.2) is 0 Å². The lowest BCUT2D eigenvalue weighted by Crippen LogP contribution is -2.37. The highest BCUT2D eigenvalue weighted by atomic mass is 16.5. The summed E-state index contributed by atoms with van der Waals surface area (Å²) in [6.07, 6.45) is 5.16. The van der Waals surface area contributed by atoms with Gasteiger partial charge in [-0.1, -0.05) is 44.9 Å². The van der Waals surface area contributed by atoms with Crippen molar-refractivity contribution in [3.8, 4) is 5.75 Å². The lowest BCUT2D eigenvalue weighted by Gasteiger charge is -2.25. The van der Waals surface area contributed by atoms with Crippen LogP contribution in [0.5, 0.6) is 5.75 Å². The number of amides is 1. The minimum atomic E-state index is 0.202. The Morgan fingerprint density at radius 3 is 2.58 bits per heavy atom. The molecule has 0 aromatic heterocycles. The van der Waals surface area contributed by atoms with Gasteiger partial charge in [-0.2, -0.15) is 0 Å². The van der Waals surface area contributed by atoms with Gasteiger partial charge in [0.05, 0.1) is 6.61 Å². The number of carbonyl (C=O) groups excluding carboxylic acids is 1. The molecule has 1 rings (SSSR count). The maximum Gasteiger partial charge on any atom is 0.207 e. The lowest BCUT2D eigenvalue weighted by atomic mass is 9.93. The zero-order chi connectivity index (χ0) is 13.9. The van der Waals surface area contributed by atoms with Crippen LogP contribution in [0.15, 0.2) is 30.3 Å². The van der Waals surface area contributed by atoms with Crippen LogP contribution >= 0.6 is 0 Å². The molecule has 1 aromatic rings. The standard InChI is InChI=1S/C16H25NO2/c1-3-5-9-14(16(4-2)17-13-18)12-19-15-10-7-6-8-11-15/h6-8,10-11,13-14,16H,3-5,9,12H2,1-2H3,(H,17,18). The molecule has 0 heterocycles. The third-order valence-electron chi connectivity index (χ3n) is 3.43. The molecule has 0 spiro atoms. The highest BCUT2D eigenvalue weighted by Gasteiger charge is 2.19. The van der Waals surface area contributed by atoms with Gasteiger partial charge in [0.1, 0.15) is 5.75 Å². The molecule has 0 fully saturated rings. The SMILES string of the molecule is CCCCC(COc1ccccc1)C(CC)NC=O. The fraction of sp³-hybridized carbons (Fsp3) is 0.562. The minimum absolute atomic E-state index is 0.202. The average Bonchev–Trinajstić information content (AvgIpc) is 2.46. The monoisotopic (exact) mass is 263 g/mol. The van der Waals surface area contributed by atoms with Gasteiger partial charge >= 0.3 is 0 Å². The summed E-state index contributed by atoms with van der Waals surface area (Å²) in [5.74, 6) is 1.26. The second-order valence-electron chi connectivity index (χ2n) is 4.83. The van der Waals surface area contributed by atoms with E-state index < -0.39 is 0 Å². The molecule has 0 aliphatic heterocycles. The van der Waals surface area contributed by atoms with Gasteiger partial charge in [0.2, 0.25) is 6.41 Å². The van der Waals surface area contributed by atoms with Crippen LogP contribution in [0.2, 0.25) is 0 Å². The summed E-state index contributed by atoms with van der Waals surface area (Å²) >= 11 is 0. The van der Waals surface area contributed by atoms with Gasteiger partial charge in [0.25, 0.3) is 0 Å². The van der Waals surface area contributed by atoms with E-state index >= 15 is 0 Å². The number of rotatable bonds is 10. The Bertz CT molecular complexity index is 340. The van der Waals surface area contributed by atoms with Crippen molar-refractivity contribution in [3.63, 3.8) is 0 Å². The van der Waals surface area contributed by atoms with Crippen molar-refractivity contribution in [2.75, 3.05) is 6.61 Å². The summed E-state index contributed by atoms with van der Waals surface area (Å²) in [5.41, 5.74) is 0. The zero-order valence-corrected chi connectivity index (χ0v) is 12.0. The first-order chi connectivity index (χ1) is 9.31. The Morgan fingerprint density at radius 1 is 1.26 bits per heavy atom. The quantitative estimate of drug-likeness (QED) is 0.657. The third kappa shape index (κ3) is 5.77. The topological polar surface area (TPSA) is 38.3 Å². The van der Waals surface area contributed by atoms with Gasteiger partial charge in [-0.3, -0.25) is 4.79 Å². The van der Waals surface area contributed by atoms with Crippen molar-refractivity contribution in [3.05, 3.63) is 30.3 Å². The molecule has 0 saturated heterocycles. The lowest BCUT2D eigenvalue weighted by molar-refractivity contribution is -0.110. The van der Waals surface area contributed by atoms with Gasteiger partial charge in [-0.15, -0.1) is 0 Å². The molecular formula is C16H25NO2. The highest BCUT2D eigenvalue weighted by molar-refractivity contribution is 5.46. The number of benzene rings is 1. The van der Waals surface area contributed by atoms with Gasteiger partial charge < -0.3 is 10.1 Å². The van der Waals surface area contributed by atoms with Crippen molar-refractivity contribution in [1.82, 2.24) is 5.32 Å². The summed E-state index contributed by atoms with van der Waals surface area (Å²) in [5, 5.41) is 2.92. The maximum atomic E-state index is 10.7. The predicted octanol–water partition coefficient (Wildman–Crippen LogP) is 3.40. The molecule has 0 radical (unpaired) electrons. The predicted molar refractivity (Wildman–Crippen MR) is 78.2 cm³/mol. The molecule has 3 heteroatoms. The van der Waals surface area contributed by atoms with E-state index in [0.29, 0.717) is 12.5 Å². The van der Waals surface area contributed by atoms with Crippen LogP contribution in [0.3, 0.4) is 0 Å². The van der Waals surface area contributed by atoms with E-state index in [9.17, 15) is 4.79 Å². The first-order valence-electron chi connectivity index (χ1n) is 7.19. The van der Waals surface area contributed by atoms with Crippen molar-refractivity contribution >= 4 is 6.41 Å². The molecule has 0 aliphatic carbocycles. The molecule has 0 aliphatic rings. The molecule has 0 saturated carbocycles. The largest absolute Gasteiger partial charge is 0.493 e. The van der Waals surface area contributed by atoms with Crippen molar-refractivity contribution in [2.45, 2.75) is 45.6 Å². The zero-order valence-electron chi connectivity index (χ0n) is 12.0. The minimum Gasteiger partial charge on any atom is -0.493 e. The van der Waals surface area contributed by atoms with Crippen LogP contribution in [0.1, 0.15) is 39.5 Å². The molecule has 0 bridgehead atoms. The van der Waals surface area contributed by atoms with Crippen molar-refractivity contribution < 1.29 is 9.53 Å². The summed E-state index contributed by atoms with van der Waals surface area (Å²) in [7, 11) is 0. The Hall–Kier alpha value is -1.51. The number of hydrogen-bond acceptors (Lipinski definition) is 2. The van der Waals surface area contributed by atoms with E-state index in [1.165, 1.54) is 12.8 Å². The molecular weight excluding hydrogens is 238 g/mol. The number of ether oxygens (including phenoxy) is 1. The van der Waals surface area contributed by atoms with Crippen LogP contribution < -0.4 is 10.1 Å². The fourth-order valence-electron chi connectivity index (χ4n) is 2.26. The number of hydrogen-bond donors (Lipinski definition) is 1. The molecule has 2 atom stereocenters. The highest BCUT2D eigenvalue weighted by Crippen LogP contribution is 2.18. The first kappa shape index (κ1) is 15.5. The molecule has 19 heavy (non-hydrogen) atoms. The van der Waals surface area contributed by atoms with E-state index in [1.54, 1.807) is 0 Å². The third-order valence-corrected chi connectivity index (χ3v) is 3.43. The van der Waals surface area contributed by atoms with Crippen LogP contribution in [-0.4, -0.2) is 19.1 Å². The van der Waals surface area contributed by atoms with Crippen LogP contribution in [0.4, 0.5) is 0 Å². The molecule has 1 N–H and O–H groups in total. The van der Waals surface area contributed by atoms with E-state index in [2.05, 4.69) is 19.2 Å². The first-order valence-corrected chi connectivity index (χ1v) is 7.19. The Morgan fingerprint density at radius 2 is 2.00 bits per heavy atom. The van der Waals surface area contributed by atoms with E-state index in [-0.39, 0.29) is 6.04 Å². The number of nitrogens with one attached hydrogen (secondary N) is 1. The summed E-state index contributed by atoms with van der Waals surface area (Å²) < 4.78 is 5.84. The maximum absolute atomic E-state index is 10.7. The van der Waals surface area contributed by atoms with E-state index in [4.69, 9.17) is 4.74 Å². The van der Waals surface area contributed by atoms with Crippen LogP contribution in [-0.2, 0) is 4.79 Å². The molecule has 2 unspecified atom stereocenters. The van der Waals surface area contributed by atoms with Crippen LogP contribution in [0, 0.1) is 5.92 Å². The number of unbranched alkanes of at least 4 members (excludes halogenated alkanes) is 1. The van der Waals surface area contributed by atoms with Crippen molar-refractivity contribution in [1.29, 1.82) is 0 Å².